The SMILES string of the molecule is CN1CCNCC1.c1ccc2ncccc2c1. The highest BCUT2D eigenvalue weighted by Gasteiger charge is 2.01. The first kappa shape index (κ1) is 12.0. The van der Waals surface area contributed by atoms with Crippen LogP contribution < -0.4 is 5.32 Å². The lowest BCUT2D eigenvalue weighted by Gasteiger charge is -2.21. The monoisotopic (exact) mass is 229 g/mol. The van der Waals surface area contributed by atoms with Crippen LogP contribution in [0.3, 0.4) is 0 Å². The van der Waals surface area contributed by atoms with Crippen molar-refractivity contribution in [3.8, 4) is 0 Å². The number of pyridine rings is 1. The molecule has 0 radical (unpaired) electrons. The van der Waals surface area contributed by atoms with E-state index in [-0.39, 0.29) is 0 Å². The Morgan fingerprint density at radius 3 is 2.41 bits per heavy atom. The lowest BCUT2D eigenvalue weighted by Crippen LogP contribution is -2.40. The fourth-order valence-corrected chi connectivity index (χ4v) is 1.79. The zero-order valence-corrected chi connectivity index (χ0v) is 10.3. The number of benzene rings is 1. The van der Waals surface area contributed by atoms with Gasteiger partial charge in [-0.25, -0.2) is 0 Å². The highest BCUT2D eigenvalue weighted by molar-refractivity contribution is 5.77. The number of likely N-dealkylation sites (N-methyl/N-ethyl adjacent to an activating group) is 1. The molecule has 1 saturated heterocycles. The Morgan fingerprint density at radius 1 is 1.06 bits per heavy atom. The first-order valence-corrected chi connectivity index (χ1v) is 6.05. The molecule has 0 atom stereocenters. The van der Waals surface area contributed by atoms with Gasteiger partial charge in [0, 0.05) is 37.8 Å². The number of nitrogens with one attached hydrogen (secondary N) is 1. The van der Waals surface area contributed by atoms with E-state index in [1.165, 1.54) is 18.5 Å². The Kier molecular flexibility index (Phi) is 4.47. The van der Waals surface area contributed by atoms with Crippen molar-refractivity contribution in [2.75, 3.05) is 33.2 Å². The number of fused-ring (bicyclic) bond motifs is 1. The van der Waals surface area contributed by atoms with Crippen molar-refractivity contribution in [2.24, 2.45) is 0 Å². The van der Waals surface area contributed by atoms with E-state index < -0.39 is 0 Å². The van der Waals surface area contributed by atoms with Crippen molar-refractivity contribution >= 4 is 10.9 Å². The summed E-state index contributed by atoms with van der Waals surface area (Å²) in [5, 5.41) is 4.47. The van der Waals surface area contributed by atoms with Crippen molar-refractivity contribution < 1.29 is 0 Å². The van der Waals surface area contributed by atoms with Gasteiger partial charge < -0.3 is 10.2 Å². The average Bonchev–Trinajstić information content (AvgIpc) is 2.41. The molecular formula is C14H19N3. The molecular weight excluding hydrogens is 210 g/mol. The van der Waals surface area contributed by atoms with Gasteiger partial charge in [0.15, 0.2) is 0 Å². The van der Waals surface area contributed by atoms with E-state index >= 15 is 0 Å². The van der Waals surface area contributed by atoms with Crippen molar-refractivity contribution in [1.29, 1.82) is 0 Å². The molecule has 0 amide bonds. The largest absolute Gasteiger partial charge is 0.314 e. The number of hydrogen-bond donors (Lipinski definition) is 1. The molecule has 0 unspecified atom stereocenters. The maximum absolute atomic E-state index is 4.18. The smallest absolute Gasteiger partial charge is 0.0701 e. The molecule has 0 saturated carbocycles. The molecule has 2 aromatic rings. The van der Waals surface area contributed by atoms with Gasteiger partial charge in [-0.15, -0.1) is 0 Å². The Balaban J connectivity index is 0.000000136. The van der Waals surface area contributed by atoms with Gasteiger partial charge in [0.05, 0.1) is 5.52 Å². The highest BCUT2D eigenvalue weighted by Crippen LogP contribution is 2.07. The van der Waals surface area contributed by atoms with Crippen LogP contribution in [0.25, 0.3) is 10.9 Å². The van der Waals surface area contributed by atoms with Crippen molar-refractivity contribution in [2.45, 2.75) is 0 Å². The molecule has 3 rings (SSSR count). The Hall–Kier alpha value is -1.45. The summed E-state index contributed by atoms with van der Waals surface area (Å²) in [7, 11) is 2.15. The molecule has 3 heteroatoms. The predicted octanol–water partition coefficient (Wildman–Crippen LogP) is 1.76. The molecule has 90 valence electrons. The molecule has 1 aromatic carbocycles. The summed E-state index contributed by atoms with van der Waals surface area (Å²) in [6.07, 6.45) is 1.81. The summed E-state index contributed by atoms with van der Waals surface area (Å²) in [5.74, 6) is 0. The fraction of sp³-hybridized carbons (Fsp3) is 0.357. The zero-order chi connectivity index (χ0) is 11.9. The maximum atomic E-state index is 4.18. The lowest BCUT2D eigenvalue weighted by atomic mass is 10.2. The summed E-state index contributed by atoms with van der Waals surface area (Å²) in [4.78, 5) is 6.51. The lowest BCUT2D eigenvalue weighted by molar-refractivity contribution is 0.291. The fourth-order valence-electron chi connectivity index (χ4n) is 1.79. The molecule has 0 spiro atoms. The Labute approximate surface area is 102 Å². The molecule has 0 aliphatic carbocycles. The number of piperazine rings is 1. The number of rotatable bonds is 0. The Bertz CT molecular complexity index is 384. The van der Waals surface area contributed by atoms with Gasteiger partial charge in [0.1, 0.15) is 0 Å². The third kappa shape index (κ3) is 3.80. The summed E-state index contributed by atoms with van der Waals surface area (Å²) in [5.41, 5.74) is 1.06. The van der Waals surface area contributed by atoms with E-state index in [4.69, 9.17) is 0 Å². The third-order valence-electron chi connectivity index (χ3n) is 2.85. The first-order chi connectivity index (χ1) is 8.36. The minimum Gasteiger partial charge on any atom is -0.314 e. The molecule has 3 nitrogen and oxygen atoms in total. The molecule has 1 aliphatic heterocycles. The zero-order valence-electron chi connectivity index (χ0n) is 10.3. The standard InChI is InChI=1S/C9H7N.C5H12N2/c1-2-6-9-8(4-1)5-3-7-10-9;1-7-4-2-6-3-5-7/h1-7H;6H,2-5H2,1H3. The van der Waals surface area contributed by atoms with Crippen LogP contribution in [0.15, 0.2) is 42.6 Å². The van der Waals surface area contributed by atoms with E-state index in [0.29, 0.717) is 0 Å². The molecule has 1 fully saturated rings. The number of hydrogen-bond acceptors (Lipinski definition) is 3. The van der Waals surface area contributed by atoms with Crippen LogP contribution >= 0.6 is 0 Å². The highest BCUT2D eigenvalue weighted by atomic mass is 15.2. The van der Waals surface area contributed by atoms with E-state index in [9.17, 15) is 0 Å². The van der Waals surface area contributed by atoms with E-state index in [0.717, 1.165) is 18.6 Å². The molecule has 1 N–H and O–H groups in total. The second-order valence-corrected chi connectivity index (χ2v) is 4.25. The predicted molar refractivity (Wildman–Crippen MR) is 72.1 cm³/mol. The summed E-state index contributed by atoms with van der Waals surface area (Å²) in [6, 6.07) is 12.1. The van der Waals surface area contributed by atoms with Gasteiger partial charge in [-0.05, 0) is 19.2 Å². The van der Waals surface area contributed by atoms with Gasteiger partial charge in [-0.1, -0.05) is 24.3 Å². The second-order valence-electron chi connectivity index (χ2n) is 4.25. The molecule has 17 heavy (non-hydrogen) atoms. The van der Waals surface area contributed by atoms with Crippen molar-refractivity contribution in [1.82, 2.24) is 15.2 Å². The van der Waals surface area contributed by atoms with Gasteiger partial charge >= 0.3 is 0 Å². The number of para-hydroxylation sites is 1. The summed E-state index contributed by atoms with van der Waals surface area (Å²) < 4.78 is 0. The molecule has 2 heterocycles. The van der Waals surface area contributed by atoms with Crippen LogP contribution in [0.5, 0.6) is 0 Å². The van der Waals surface area contributed by atoms with E-state index in [1.807, 2.05) is 30.5 Å². The maximum Gasteiger partial charge on any atom is 0.0701 e. The Morgan fingerprint density at radius 2 is 1.76 bits per heavy atom. The van der Waals surface area contributed by atoms with Gasteiger partial charge in [0.2, 0.25) is 0 Å². The van der Waals surface area contributed by atoms with Gasteiger partial charge in [0.25, 0.3) is 0 Å². The molecule has 0 bridgehead atoms. The molecule has 1 aromatic heterocycles. The topological polar surface area (TPSA) is 28.2 Å². The van der Waals surface area contributed by atoms with Crippen LogP contribution in [-0.2, 0) is 0 Å². The van der Waals surface area contributed by atoms with Gasteiger partial charge in [-0.2, -0.15) is 0 Å². The van der Waals surface area contributed by atoms with Crippen LogP contribution in [0.1, 0.15) is 0 Å². The van der Waals surface area contributed by atoms with E-state index in [1.54, 1.807) is 0 Å². The first-order valence-electron chi connectivity index (χ1n) is 6.05. The molecule has 1 aliphatic rings. The summed E-state index contributed by atoms with van der Waals surface area (Å²) in [6.45, 7) is 4.74. The van der Waals surface area contributed by atoms with E-state index in [2.05, 4.69) is 34.4 Å². The quantitative estimate of drug-likeness (QED) is 0.746. The summed E-state index contributed by atoms with van der Waals surface area (Å²) >= 11 is 0. The van der Waals surface area contributed by atoms with Crippen LogP contribution in [0.4, 0.5) is 0 Å². The minimum absolute atomic E-state index is 1.06. The van der Waals surface area contributed by atoms with Crippen molar-refractivity contribution in [3.63, 3.8) is 0 Å². The average molecular weight is 229 g/mol. The van der Waals surface area contributed by atoms with Crippen LogP contribution in [0.2, 0.25) is 0 Å². The van der Waals surface area contributed by atoms with Crippen molar-refractivity contribution in [3.05, 3.63) is 42.6 Å². The number of aromatic nitrogens is 1. The normalized spacial score (nSPS) is 16.3. The minimum atomic E-state index is 1.06. The van der Waals surface area contributed by atoms with Crippen LogP contribution in [-0.4, -0.2) is 43.1 Å². The number of nitrogens with zero attached hydrogens (tertiary/aromatic N) is 2. The third-order valence-corrected chi connectivity index (χ3v) is 2.85. The second kappa shape index (κ2) is 6.33. The van der Waals surface area contributed by atoms with Crippen LogP contribution in [0, 0.1) is 0 Å². The van der Waals surface area contributed by atoms with Gasteiger partial charge in [-0.3, -0.25) is 4.98 Å².